The predicted molar refractivity (Wildman–Crippen MR) is 90.8 cm³/mol. The monoisotopic (exact) mass is 343 g/mol. The molecule has 5 nitrogen and oxygen atoms in total. The van der Waals surface area contributed by atoms with Crippen molar-refractivity contribution in [1.29, 1.82) is 0 Å². The lowest BCUT2D eigenvalue weighted by atomic mass is 10.3. The van der Waals surface area contributed by atoms with Crippen molar-refractivity contribution in [3.8, 4) is 0 Å². The number of imidazole rings is 1. The van der Waals surface area contributed by atoms with Gasteiger partial charge in [-0.05, 0) is 12.1 Å². The molecule has 1 aliphatic rings. The average molecular weight is 343 g/mol. The Morgan fingerprint density at radius 3 is 2.90 bits per heavy atom. The first-order chi connectivity index (χ1) is 9.97. The number of nitrogens with zero attached hydrogens (tertiary/aromatic N) is 2. The number of aromatic nitrogens is 2. The van der Waals surface area contributed by atoms with Gasteiger partial charge in [0.05, 0.1) is 10.4 Å². The first-order valence-electron chi connectivity index (χ1n) is 6.61. The Morgan fingerprint density at radius 1 is 1.43 bits per heavy atom. The molecule has 1 unspecified atom stereocenters. The van der Waals surface area contributed by atoms with Crippen molar-refractivity contribution in [2.45, 2.75) is 16.7 Å². The molecule has 1 atom stereocenters. The predicted octanol–water partition coefficient (Wildman–Crippen LogP) is 1.87. The normalized spacial score (nSPS) is 20.0. The van der Waals surface area contributed by atoms with E-state index in [4.69, 9.17) is 5.73 Å². The van der Waals surface area contributed by atoms with Gasteiger partial charge in [-0.3, -0.25) is 0 Å². The SMILES string of the molecule is CS(=O)(=O)c1cccc2c1nc(N)n2CC1CSCCS1. The van der Waals surface area contributed by atoms with Gasteiger partial charge in [-0.25, -0.2) is 13.4 Å². The van der Waals surface area contributed by atoms with E-state index in [1.54, 1.807) is 12.1 Å². The van der Waals surface area contributed by atoms with Crippen molar-refractivity contribution in [1.82, 2.24) is 9.55 Å². The number of benzene rings is 1. The third-order valence-corrected chi connectivity index (χ3v) is 7.40. The summed E-state index contributed by atoms with van der Waals surface area (Å²) in [6.07, 6.45) is 1.20. The summed E-state index contributed by atoms with van der Waals surface area (Å²) >= 11 is 3.90. The van der Waals surface area contributed by atoms with Crippen molar-refractivity contribution >= 4 is 50.3 Å². The maximum atomic E-state index is 11.9. The molecule has 1 aliphatic heterocycles. The first-order valence-corrected chi connectivity index (χ1v) is 10.7. The molecule has 8 heteroatoms. The summed E-state index contributed by atoms with van der Waals surface area (Å²) in [4.78, 5) is 4.54. The van der Waals surface area contributed by atoms with Crippen molar-refractivity contribution in [2.75, 3.05) is 29.2 Å². The van der Waals surface area contributed by atoms with Gasteiger partial charge < -0.3 is 10.3 Å². The number of hydrogen-bond donors (Lipinski definition) is 1. The molecule has 1 fully saturated rings. The van der Waals surface area contributed by atoms with E-state index in [0.29, 0.717) is 16.7 Å². The molecule has 0 radical (unpaired) electrons. The van der Waals surface area contributed by atoms with Gasteiger partial charge in [0.2, 0.25) is 5.95 Å². The van der Waals surface area contributed by atoms with Gasteiger partial charge in [-0.2, -0.15) is 23.5 Å². The van der Waals surface area contributed by atoms with E-state index < -0.39 is 9.84 Å². The maximum Gasteiger partial charge on any atom is 0.201 e. The molecule has 1 aromatic carbocycles. The zero-order chi connectivity index (χ0) is 15.0. The van der Waals surface area contributed by atoms with Crippen molar-refractivity contribution in [3.05, 3.63) is 18.2 Å². The second-order valence-electron chi connectivity index (χ2n) is 5.04. The Labute approximate surface area is 132 Å². The molecule has 2 N–H and O–H groups in total. The zero-order valence-electron chi connectivity index (χ0n) is 11.7. The van der Waals surface area contributed by atoms with Crippen LogP contribution in [0.2, 0.25) is 0 Å². The van der Waals surface area contributed by atoms with Crippen LogP contribution in [0, 0.1) is 0 Å². The van der Waals surface area contributed by atoms with Crippen LogP contribution in [-0.4, -0.2) is 46.7 Å². The third-order valence-electron chi connectivity index (χ3n) is 3.44. The summed E-state index contributed by atoms with van der Waals surface area (Å²) in [6, 6.07) is 5.22. The van der Waals surface area contributed by atoms with Crippen LogP contribution in [0.15, 0.2) is 23.1 Å². The molecule has 0 spiro atoms. The number of nitrogens with two attached hydrogens (primary N) is 1. The molecule has 2 aromatic rings. The van der Waals surface area contributed by atoms with Crippen molar-refractivity contribution in [2.24, 2.45) is 0 Å². The smallest absolute Gasteiger partial charge is 0.201 e. The van der Waals surface area contributed by atoms with Crippen LogP contribution in [0.25, 0.3) is 11.0 Å². The summed E-state index contributed by atoms with van der Waals surface area (Å²) in [6.45, 7) is 0.771. The number of anilines is 1. The highest BCUT2D eigenvalue weighted by atomic mass is 32.2. The standard InChI is InChI=1S/C13H17N3O2S3/c1-21(17,18)11-4-2-3-10-12(11)15-13(14)16(10)7-9-8-19-5-6-20-9/h2-4,9H,5-8H2,1H3,(H2,14,15). The lowest BCUT2D eigenvalue weighted by Gasteiger charge is -2.22. The number of sulfone groups is 1. The lowest BCUT2D eigenvalue weighted by Crippen LogP contribution is -2.21. The van der Waals surface area contributed by atoms with E-state index in [-0.39, 0.29) is 4.90 Å². The quantitative estimate of drug-likeness (QED) is 0.917. The van der Waals surface area contributed by atoms with Crippen LogP contribution in [0.3, 0.4) is 0 Å². The van der Waals surface area contributed by atoms with Gasteiger partial charge in [-0.15, -0.1) is 0 Å². The molecule has 0 aliphatic carbocycles. The Morgan fingerprint density at radius 2 is 2.24 bits per heavy atom. The fraction of sp³-hybridized carbons (Fsp3) is 0.462. The second kappa shape index (κ2) is 5.73. The van der Waals surface area contributed by atoms with E-state index in [9.17, 15) is 8.42 Å². The summed E-state index contributed by atoms with van der Waals surface area (Å²) in [5.41, 5.74) is 7.30. The molecule has 1 aromatic heterocycles. The summed E-state index contributed by atoms with van der Waals surface area (Å²) in [7, 11) is -3.31. The molecular weight excluding hydrogens is 326 g/mol. The van der Waals surface area contributed by atoms with Crippen molar-refractivity contribution in [3.63, 3.8) is 0 Å². The Hall–Kier alpha value is -0.860. The first kappa shape index (κ1) is 15.1. The van der Waals surface area contributed by atoms with Gasteiger partial charge in [0.1, 0.15) is 5.52 Å². The maximum absolute atomic E-state index is 11.9. The van der Waals surface area contributed by atoms with Gasteiger partial charge in [-0.1, -0.05) is 6.07 Å². The highest BCUT2D eigenvalue weighted by Gasteiger charge is 2.21. The van der Waals surface area contributed by atoms with Crippen LogP contribution in [0.4, 0.5) is 5.95 Å². The van der Waals surface area contributed by atoms with E-state index in [1.807, 2.05) is 34.2 Å². The number of hydrogen-bond acceptors (Lipinski definition) is 6. The molecule has 0 saturated carbocycles. The number of nitrogen functional groups attached to an aromatic ring is 1. The molecule has 2 heterocycles. The Balaban J connectivity index is 2.05. The lowest BCUT2D eigenvalue weighted by molar-refractivity contribution is 0.602. The zero-order valence-corrected chi connectivity index (χ0v) is 14.1. The number of rotatable bonds is 3. The van der Waals surface area contributed by atoms with E-state index in [1.165, 1.54) is 12.0 Å². The topological polar surface area (TPSA) is 78.0 Å². The minimum Gasteiger partial charge on any atom is -0.369 e. The molecular formula is C13H17N3O2S3. The molecule has 114 valence electrons. The van der Waals surface area contributed by atoms with E-state index >= 15 is 0 Å². The van der Waals surface area contributed by atoms with Gasteiger partial charge in [0.25, 0.3) is 0 Å². The second-order valence-corrected chi connectivity index (χ2v) is 9.59. The molecule has 1 saturated heterocycles. The number of fused-ring (bicyclic) bond motifs is 1. The summed E-state index contributed by atoms with van der Waals surface area (Å²) in [5, 5.41) is 0.491. The van der Waals surface area contributed by atoms with Gasteiger partial charge in [0.15, 0.2) is 9.84 Å². The van der Waals surface area contributed by atoms with Crippen LogP contribution < -0.4 is 5.73 Å². The highest BCUT2D eigenvalue weighted by molar-refractivity contribution is 8.06. The van der Waals surface area contributed by atoms with E-state index in [0.717, 1.165) is 23.6 Å². The fourth-order valence-electron chi connectivity index (χ4n) is 2.48. The highest BCUT2D eigenvalue weighted by Crippen LogP contribution is 2.29. The average Bonchev–Trinajstić information content (AvgIpc) is 2.75. The number of thioether (sulfide) groups is 2. The minimum atomic E-state index is -3.31. The van der Waals surface area contributed by atoms with Crippen LogP contribution in [0.5, 0.6) is 0 Å². The van der Waals surface area contributed by atoms with Crippen LogP contribution in [-0.2, 0) is 16.4 Å². The molecule has 0 bridgehead atoms. The minimum absolute atomic E-state index is 0.246. The van der Waals surface area contributed by atoms with Crippen LogP contribution in [0.1, 0.15) is 0 Å². The largest absolute Gasteiger partial charge is 0.369 e. The van der Waals surface area contributed by atoms with Crippen molar-refractivity contribution < 1.29 is 8.42 Å². The Bertz CT molecular complexity index is 764. The molecule has 0 amide bonds. The third kappa shape index (κ3) is 3.02. The number of para-hydroxylation sites is 1. The fourth-order valence-corrected chi connectivity index (χ4v) is 5.96. The van der Waals surface area contributed by atoms with E-state index in [2.05, 4.69) is 4.98 Å². The van der Waals surface area contributed by atoms with Crippen LogP contribution >= 0.6 is 23.5 Å². The summed E-state index contributed by atoms with van der Waals surface area (Å²) < 4.78 is 25.7. The van der Waals surface area contributed by atoms with Gasteiger partial charge >= 0.3 is 0 Å². The molecule has 3 rings (SSSR count). The Kier molecular flexibility index (Phi) is 4.11. The van der Waals surface area contributed by atoms with Gasteiger partial charge in [0, 0.05) is 35.3 Å². The summed E-state index contributed by atoms with van der Waals surface area (Å²) in [5.74, 6) is 3.82. The molecule has 21 heavy (non-hydrogen) atoms.